The molecule has 8 rings (SSSR count). The van der Waals surface area contributed by atoms with E-state index in [-0.39, 0.29) is 209 Å². The molecule has 8 fully saturated rings. The lowest BCUT2D eigenvalue weighted by atomic mass is 9.79. The highest BCUT2D eigenvalue weighted by atomic mass is 16.6. The molecule has 8 heterocycles. The number of carbonyl (C=O) groups excluding carboxylic acids is 8. The highest BCUT2D eigenvalue weighted by molar-refractivity contribution is 5.75. The fourth-order valence-electron chi connectivity index (χ4n) is 27.6. The molecule has 8 saturated heterocycles. The number of nitrogens with one attached hydrogen (secondary N) is 7. The zero-order chi connectivity index (χ0) is 111. The van der Waals surface area contributed by atoms with Gasteiger partial charge in [0.05, 0.1) is 23.7 Å². The van der Waals surface area contributed by atoms with E-state index in [2.05, 4.69) is 298 Å². The smallest absolute Gasteiger partial charge is 0.309 e. The van der Waals surface area contributed by atoms with Crippen molar-refractivity contribution in [1.82, 2.24) is 42.1 Å². The molecule has 0 saturated carbocycles. The summed E-state index contributed by atoms with van der Waals surface area (Å²) < 4.78 is 47.4. The van der Waals surface area contributed by atoms with Gasteiger partial charge in [0.25, 0.3) is 0 Å². The highest BCUT2D eigenvalue weighted by Gasteiger charge is 2.49. The van der Waals surface area contributed by atoms with Gasteiger partial charge in [-0.05, 0) is 305 Å². The summed E-state index contributed by atoms with van der Waals surface area (Å²) in [6, 6.07) is 0. The first kappa shape index (κ1) is 133. The lowest BCUT2D eigenvalue weighted by molar-refractivity contribution is -0.160. The van der Waals surface area contributed by atoms with Gasteiger partial charge in [-0.3, -0.25) is 43.3 Å². The summed E-state index contributed by atoms with van der Waals surface area (Å²) in [7, 11) is 2.17. The molecule has 0 aliphatic carbocycles. The number of hydrogen-bond acceptors (Lipinski definition) is 24. The van der Waals surface area contributed by atoms with E-state index >= 15 is 0 Å². The Morgan fingerprint density at radius 2 is 0.415 bits per heavy atom. The first-order valence-corrected chi connectivity index (χ1v) is 59.2. The van der Waals surface area contributed by atoms with E-state index in [1.807, 2.05) is 6.92 Å². The molecule has 0 aromatic carbocycles. The van der Waals surface area contributed by atoms with Gasteiger partial charge in [0.1, 0.15) is 48.8 Å². The second-order valence-corrected chi connectivity index (χ2v) is 58.4. The topological polar surface area (TPSA) is 298 Å². The fraction of sp³-hybridized carbons (Fsp3) is 0.935. The van der Waals surface area contributed by atoms with Crippen LogP contribution in [-0.4, -0.2) is 197 Å². The van der Waals surface area contributed by atoms with Crippen molar-refractivity contribution >= 4 is 47.8 Å². The Hall–Kier alpha value is -4.56. The molecule has 0 radical (unpaired) electrons. The van der Waals surface area contributed by atoms with E-state index in [9.17, 15) is 38.4 Å². The van der Waals surface area contributed by atoms with Crippen LogP contribution < -0.4 is 37.2 Å². The van der Waals surface area contributed by atoms with Gasteiger partial charge in [-0.1, -0.05) is 144 Å². The summed E-state index contributed by atoms with van der Waals surface area (Å²) in [6.07, 6.45) is 43.2. The molecule has 0 aromatic rings. The summed E-state index contributed by atoms with van der Waals surface area (Å²) in [5.41, 5.74) is -0.290. The van der Waals surface area contributed by atoms with Crippen molar-refractivity contribution in [3.05, 3.63) is 0 Å². The number of likely N-dealkylation sites (tertiary alicyclic amines) is 1. The SMILES string of the molecule is CC(C)CC(CCCCCCCC(=O)OC1CC(C)(C)N(C)C(C)(C)C1)C(=O)OC1CC(C)(C)NC(C)(C)C1.CC(CCCCCCCC(=O)OC1CC(C)(C)NC(C)(C)C1)C(=O)OC1CC(C)(C)NC(C)(C)C1.CCC(CCCCCCCC(=O)OC1CC(C)(C)NC(C)(C)C1)C(=O)OC1CC(C)(C)NC(C)(C)C1.CCCC(CCCCCCCC(=O)OC1CC(C)(C)NC(C)(C)C1)C(=O)OC1CC(C)(C)NC(C)(C)C1. The number of esters is 8. The van der Waals surface area contributed by atoms with E-state index in [1.165, 1.54) is 0 Å². The van der Waals surface area contributed by atoms with E-state index in [1.54, 1.807) is 0 Å². The molecule has 4 unspecified atom stereocenters. The number of unbranched alkanes of at least 4 members (excludes halogenated alkanes) is 16. The second-order valence-electron chi connectivity index (χ2n) is 58.4. The van der Waals surface area contributed by atoms with Crippen molar-refractivity contribution in [2.45, 2.75) is 702 Å². The average molecular weight is 2080 g/mol. The van der Waals surface area contributed by atoms with Crippen LogP contribution in [0.2, 0.25) is 0 Å². The van der Waals surface area contributed by atoms with Gasteiger partial charge in [0.15, 0.2) is 0 Å². The van der Waals surface area contributed by atoms with Gasteiger partial charge in [-0.25, -0.2) is 0 Å². The number of piperidine rings is 8. The summed E-state index contributed by atoms with van der Waals surface area (Å²) in [6.45, 7) is 80.5. The van der Waals surface area contributed by atoms with Crippen molar-refractivity contribution < 1.29 is 76.3 Å². The van der Waals surface area contributed by atoms with Gasteiger partial charge in [0.2, 0.25) is 0 Å². The molecule has 24 nitrogen and oxygen atoms in total. The minimum atomic E-state index is -0.0656. The predicted octanol–water partition coefficient (Wildman–Crippen LogP) is 26.8. The lowest BCUT2D eigenvalue weighted by Crippen LogP contribution is -2.60. The maximum absolute atomic E-state index is 13.2. The molecule has 4 atom stereocenters. The Balaban J connectivity index is 0.000000345. The number of hydrogen-bond donors (Lipinski definition) is 7. The fourth-order valence-corrected chi connectivity index (χ4v) is 27.6. The van der Waals surface area contributed by atoms with Crippen LogP contribution in [0, 0.1) is 29.6 Å². The summed E-state index contributed by atoms with van der Waals surface area (Å²) in [5, 5.41) is 25.5. The van der Waals surface area contributed by atoms with Crippen LogP contribution in [0.4, 0.5) is 0 Å². The zero-order valence-corrected chi connectivity index (χ0v) is 102. The maximum atomic E-state index is 13.2. The van der Waals surface area contributed by atoms with Gasteiger partial charge >= 0.3 is 47.8 Å². The van der Waals surface area contributed by atoms with Crippen molar-refractivity contribution in [1.29, 1.82) is 0 Å². The summed E-state index contributed by atoms with van der Waals surface area (Å²) in [5.74, 6) is 0.0171. The molecule has 0 bridgehead atoms. The number of ether oxygens (including phenoxy) is 8. The van der Waals surface area contributed by atoms with Crippen LogP contribution in [0.15, 0.2) is 0 Å². The Kier molecular flexibility index (Phi) is 51.9. The van der Waals surface area contributed by atoms with Crippen LogP contribution >= 0.6 is 0 Å². The highest BCUT2D eigenvalue weighted by Crippen LogP contribution is 2.43. The molecule has 8 aliphatic heterocycles. The van der Waals surface area contributed by atoms with Crippen LogP contribution in [0.25, 0.3) is 0 Å². The molecule has 0 spiro atoms. The molecule has 858 valence electrons. The quantitative estimate of drug-likeness (QED) is 0.0169. The maximum Gasteiger partial charge on any atom is 0.309 e. The van der Waals surface area contributed by atoms with Gasteiger partial charge < -0.3 is 75.1 Å². The van der Waals surface area contributed by atoms with Gasteiger partial charge in [-0.2, -0.15) is 0 Å². The van der Waals surface area contributed by atoms with Crippen molar-refractivity contribution in [3.8, 4) is 0 Å². The summed E-state index contributed by atoms with van der Waals surface area (Å²) in [4.78, 5) is 104. The van der Waals surface area contributed by atoms with Crippen molar-refractivity contribution in [2.75, 3.05) is 7.05 Å². The standard InChI is InChI=1S/C33H62N2O4.C31H58N2O4.C30H56N2O4.C29H54N2O4/c1-24(2)19-25(29(37)39-26-20-30(3,4)34-31(5,6)21-26)17-15-13-12-14-16-18-28(36)38-27-22-32(7,8)35(11)33(9,10)23-27;1-10-16-23(27(35)37-25-21-30(6,7)33-31(8,9)22-25)17-14-12-11-13-15-18-26(34)36-24-19-28(2,3)32-29(4,5)20-24;1-10-22(26(34)36-24-20-29(6,7)32-30(8,9)21-24)16-14-12-11-13-15-17-25(33)35-23-18-27(2,3)31-28(4,5)19-23;1-21(25(33)35-23-19-28(6,7)31-29(8,9)20-23)15-13-11-10-12-14-16-24(32)34-22-17-26(2,3)30-27(4,5)18-22/h24-27,34H,12-23H2,1-11H3;23-25,32-33H,10-22H2,1-9H3;22-24,31-32H,10-21H2,1-9H3;21-23,30-31H,10-20H2,1-9H3. The first-order valence-electron chi connectivity index (χ1n) is 59.2. The van der Waals surface area contributed by atoms with Gasteiger partial charge in [-0.15, -0.1) is 0 Å². The van der Waals surface area contributed by atoms with E-state index in [0.29, 0.717) is 31.6 Å². The number of rotatable bonds is 49. The molecule has 24 heteroatoms. The zero-order valence-electron chi connectivity index (χ0n) is 102. The van der Waals surface area contributed by atoms with Crippen molar-refractivity contribution in [3.63, 3.8) is 0 Å². The largest absolute Gasteiger partial charge is 0.462 e. The molecular weight excluding hydrogens is 1850 g/mol. The van der Waals surface area contributed by atoms with Crippen molar-refractivity contribution in [2.24, 2.45) is 29.6 Å². The molecular formula is C123H230N8O16. The molecule has 147 heavy (non-hydrogen) atoms. The Bertz CT molecular complexity index is 3850. The molecule has 8 aliphatic rings. The monoisotopic (exact) mass is 2080 g/mol. The molecule has 0 amide bonds. The second kappa shape index (κ2) is 57.4. The number of nitrogens with zero attached hydrogens (tertiary/aromatic N) is 1. The van der Waals surface area contributed by atoms with E-state index in [0.717, 1.165) is 283 Å². The summed E-state index contributed by atoms with van der Waals surface area (Å²) >= 11 is 0. The lowest BCUT2D eigenvalue weighted by Gasteiger charge is -2.53. The van der Waals surface area contributed by atoms with E-state index in [4.69, 9.17) is 37.9 Å². The number of carbonyl (C=O) groups is 8. The first-order chi connectivity index (χ1) is 67.3. The van der Waals surface area contributed by atoms with Crippen LogP contribution in [0.1, 0.15) is 564 Å². The third-order valence-electron chi connectivity index (χ3n) is 31.8. The minimum Gasteiger partial charge on any atom is -0.462 e. The Morgan fingerprint density at radius 1 is 0.231 bits per heavy atom. The predicted molar refractivity (Wildman–Crippen MR) is 601 cm³/mol. The van der Waals surface area contributed by atoms with Gasteiger partial charge in [0, 0.05) is 217 Å². The van der Waals surface area contributed by atoms with Crippen LogP contribution in [0.3, 0.4) is 0 Å². The molecule has 0 aromatic heterocycles. The third-order valence-corrected chi connectivity index (χ3v) is 31.8. The normalized spacial score (nSPS) is 24.1. The van der Waals surface area contributed by atoms with E-state index < -0.39 is 0 Å². The third kappa shape index (κ3) is 53.6. The Labute approximate surface area is 899 Å². The van der Waals surface area contributed by atoms with Crippen LogP contribution in [0.5, 0.6) is 0 Å². The minimum absolute atomic E-state index is 0.000396. The Morgan fingerprint density at radius 3 is 0.646 bits per heavy atom. The molecule has 7 N–H and O–H groups in total. The van der Waals surface area contributed by atoms with Crippen LogP contribution in [-0.2, 0) is 76.3 Å². The average Bonchev–Trinajstić information content (AvgIpc) is 0.772.